The summed E-state index contributed by atoms with van der Waals surface area (Å²) in [5, 5.41) is 0. The Labute approximate surface area is 148 Å². The van der Waals surface area contributed by atoms with E-state index in [2.05, 4.69) is 9.97 Å². The van der Waals surface area contributed by atoms with E-state index in [-0.39, 0.29) is 17.0 Å². The van der Waals surface area contributed by atoms with Crippen molar-refractivity contribution in [2.45, 2.75) is 32.9 Å². The van der Waals surface area contributed by atoms with Crippen LogP contribution in [0, 0.1) is 10.8 Å². The first-order valence-corrected chi connectivity index (χ1v) is 8.15. The number of ketones is 1. The van der Waals surface area contributed by atoms with E-state index in [9.17, 15) is 22.8 Å². The number of nitrogens with zero attached hydrogens (tertiary/aromatic N) is 3. The molecule has 140 valence electrons. The smallest absolute Gasteiger partial charge is 0.396 e. The summed E-state index contributed by atoms with van der Waals surface area (Å²) >= 11 is 0. The Kier molecular flexibility index (Phi) is 4.08. The average Bonchev–Trinajstić information content (AvgIpc) is 2.94. The van der Waals surface area contributed by atoms with Gasteiger partial charge in [0.2, 0.25) is 5.82 Å². The van der Waals surface area contributed by atoms with Crippen LogP contribution in [0.25, 0.3) is 0 Å². The van der Waals surface area contributed by atoms with E-state index in [0.29, 0.717) is 25.9 Å². The lowest BCUT2D eigenvalue weighted by Crippen LogP contribution is -2.42. The van der Waals surface area contributed by atoms with Crippen LogP contribution in [-0.2, 0) is 11.0 Å². The normalized spacial score (nSPS) is 25.5. The molecule has 1 fully saturated rings. The highest BCUT2D eigenvalue weighted by atomic mass is 19.4. The van der Waals surface area contributed by atoms with Gasteiger partial charge in [0.05, 0.1) is 11.3 Å². The molecule has 2 aliphatic rings. The largest absolute Gasteiger partial charge is 0.451 e. The molecule has 1 aliphatic carbocycles. The third-order valence-corrected chi connectivity index (χ3v) is 4.96. The fourth-order valence-corrected chi connectivity index (χ4v) is 3.90. The topological polar surface area (TPSA) is 89.2 Å². The molecule has 1 atom stereocenters. The third kappa shape index (κ3) is 3.17. The number of hydrogen-bond donors (Lipinski definition) is 1. The monoisotopic (exact) mass is 368 g/mol. The van der Waals surface area contributed by atoms with Gasteiger partial charge >= 0.3 is 6.18 Å². The van der Waals surface area contributed by atoms with Gasteiger partial charge in [-0.2, -0.15) is 13.2 Å². The van der Waals surface area contributed by atoms with Crippen LogP contribution < -0.4 is 5.73 Å². The maximum absolute atomic E-state index is 12.6. The molecule has 0 radical (unpaired) electrons. The first kappa shape index (κ1) is 18.3. The number of alkyl halides is 3. The zero-order valence-corrected chi connectivity index (χ0v) is 14.4. The SMILES string of the molecule is CC1(C)C[C@]2(C=C(N)C1=O)CCN(C(=O)c1cnc(C(F)(F)F)nc1)C2. The summed E-state index contributed by atoms with van der Waals surface area (Å²) in [5.74, 6) is -1.82. The van der Waals surface area contributed by atoms with Crippen molar-refractivity contribution in [2.24, 2.45) is 16.6 Å². The molecule has 2 heterocycles. The van der Waals surface area contributed by atoms with Crippen molar-refractivity contribution in [1.29, 1.82) is 0 Å². The minimum atomic E-state index is -4.65. The molecule has 1 aliphatic heterocycles. The molecule has 0 unspecified atom stereocenters. The molecule has 0 saturated carbocycles. The minimum Gasteiger partial charge on any atom is -0.396 e. The molecule has 2 N–H and O–H groups in total. The molecular formula is C17H19F3N4O2. The van der Waals surface area contributed by atoms with Gasteiger partial charge in [0.1, 0.15) is 0 Å². The number of carbonyl (C=O) groups is 2. The molecule has 1 aromatic rings. The van der Waals surface area contributed by atoms with Crippen LogP contribution in [0.2, 0.25) is 0 Å². The maximum atomic E-state index is 12.6. The van der Waals surface area contributed by atoms with E-state index in [4.69, 9.17) is 5.73 Å². The molecule has 26 heavy (non-hydrogen) atoms. The molecule has 0 bridgehead atoms. The number of hydrogen-bond acceptors (Lipinski definition) is 5. The standard InChI is InChI=1S/C17H19F3N4O2/c1-15(2)8-16(5-11(21)12(15)25)3-4-24(9-16)13(26)10-6-22-14(23-7-10)17(18,19)20/h5-7H,3-4,8-9,21H2,1-2H3/t16-/m1/s1. The van der Waals surface area contributed by atoms with Gasteiger partial charge in [0.15, 0.2) is 5.78 Å². The number of rotatable bonds is 1. The van der Waals surface area contributed by atoms with Crippen LogP contribution in [0.3, 0.4) is 0 Å². The van der Waals surface area contributed by atoms with Gasteiger partial charge in [-0.1, -0.05) is 13.8 Å². The lowest BCUT2D eigenvalue weighted by molar-refractivity contribution is -0.145. The number of amides is 1. The zero-order chi connectivity index (χ0) is 19.3. The Morgan fingerprint density at radius 2 is 1.88 bits per heavy atom. The van der Waals surface area contributed by atoms with Gasteiger partial charge in [0, 0.05) is 36.3 Å². The summed E-state index contributed by atoms with van der Waals surface area (Å²) in [5.41, 5.74) is 5.07. The first-order valence-electron chi connectivity index (χ1n) is 8.15. The van der Waals surface area contributed by atoms with Crippen molar-refractivity contribution in [3.05, 3.63) is 35.6 Å². The van der Waals surface area contributed by atoms with Crippen LogP contribution in [0.4, 0.5) is 13.2 Å². The summed E-state index contributed by atoms with van der Waals surface area (Å²) in [4.78, 5) is 32.7. The Morgan fingerprint density at radius 1 is 1.27 bits per heavy atom. The molecule has 1 saturated heterocycles. The van der Waals surface area contributed by atoms with Crippen molar-refractivity contribution in [2.75, 3.05) is 13.1 Å². The molecule has 3 rings (SSSR count). The summed E-state index contributed by atoms with van der Waals surface area (Å²) in [6.45, 7) is 4.43. The van der Waals surface area contributed by atoms with Gasteiger partial charge in [0.25, 0.3) is 5.91 Å². The fraction of sp³-hybridized carbons (Fsp3) is 0.529. The average molecular weight is 368 g/mol. The molecule has 9 heteroatoms. The lowest BCUT2D eigenvalue weighted by Gasteiger charge is -2.39. The molecule has 6 nitrogen and oxygen atoms in total. The number of carbonyl (C=O) groups excluding carboxylic acids is 2. The highest BCUT2D eigenvalue weighted by Gasteiger charge is 2.48. The van der Waals surface area contributed by atoms with E-state index in [1.165, 1.54) is 0 Å². The van der Waals surface area contributed by atoms with E-state index in [1.807, 2.05) is 13.8 Å². The summed E-state index contributed by atoms with van der Waals surface area (Å²) < 4.78 is 37.6. The number of likely N-dealkylation sites (tertiary alicyclic amines) is 1. The highest BCUT2D eigenvalue weighted by Crippen LogP contribution is 2.47. The van der Waals surface area contributed by atoms with Gasteiger partial charge in [-0.05, 0) is 18.9 Å². The van der Waals surface area contributed by atoms with Crippen LogP contribution in [0.1, 0.15) is 42.9 Å². The van der Waals surface area contributed by atoms with Crippen LogP contribution in [0.15, 0.2) is 24.2 Å². The van der Waals surface area contributed by atoms with Gasteiger partial charge < -0.3 is 10.6 Å². The third-order valence-electron chi connectivity index (χ3n) is 4.96. The molecule has 0 aromatic carbocycles. The minimum absolute atomic E-state index is 0.00172. The summed E-state index contributed by atoms with van der Waals surface area (Å²) in [6, 6.07) is 0. The number of allylic oxidation sites excluding steroid dienone is 1. The van der Waals surface area contributed by atoms with Crippen molar-refractivity contribution in [3.8, 4) is 0 Å². The number of Topliss-reactive ketones (excluding diaryl/α,β-unsaturated/α-hetero) is 1. The van der Waals surface area contributed by atoms with Crippen molar-refractivity contribution in [3.63, 3.8) is 0 Å². The van der Waals surface area contributed by atoms with E-state index in [1.54, 1.807) is 11.0 Å². The zero-order valence-electron chi connectivity index (χ0n) is 14.4. The van der Waals surface area contributed by atoms with Gasteiger partial charge in [-0.25, -0.2) is 9.97 Å². The second-order valence-electron chi connectivity index (χ2n) is 7.62. The molecular weight excluding hydrogens is 349 g/mol. The van der Waals surface area contributed by atoms with Gasteiger partial charge in [-0.15, -0.1) is 0 Å². The van der Waals surface area contributed by atoms with Crippen molar-refractivity contribution >= 4 is 11.7 Å². The Morgan fingerprint density at radius 3 is 2.42 bits per heavy atom. The molecule has 1 aromatic heterocycles. The van der Waals surface area contributed by atoms with Crippen molar-refractivity contribution in [1.82, 2.24) is 14.9 Å². The summed E-state index contributed by atoms with van der Waals surface area (Å²) in [7, 11) is 0. The van der Waals surface area contributed by atoms with Gasteiger partial charge in [-0.3, -0.25) is 9.59 Å². The van der Waals surface area contributed by atoms with Crippen LogP contribution >= 0.6 is 0 Å². The highest BCUT2D eigenvalue weighted by molar-refractivity contribution is 6.00. The second-order valence-corrected chi connectivity index (χ2v) is 7.62. The fourth-order valence-electron chi connectivity index (χ4n) is 3.90. The van der Waals surface area contributed by atoms with E-state index < -0.39 is 28.7 Å². The predicted octanol–water partition coefficient (Wildman–Crippen LogP) is 2.17. The summed E-state index contributed by atoms with van der Waals surface area (Å²) in [6.07, 6.45) is 0.0623. The Hall–Kier alpha value is -2.45. The number of halogens is 3. The van der Waals surface area contributed by atoms with Crippen LogP contribution in [0.5, 0.6) is 0 Å². The predicted molar refractivity (Wildman–Crippen MR) is 85.7 cm³/mol. The Bertz CT molecular complexity index is 786. The molecule has 1 spiro atoms. The lowest BCUT2D eigenvalue weighted by atomic mass is 9.65. The van der Waals surface area contributed by atoms with Crippen LogP contribution in [-0.4, -0.2) is 39.6 Å². The number of nitrogens with two attached hydrogens (primary N) is 1. The second kappa shape index (κ2) is 5.78. The quantitative estimate of drug-likeness (QED) is 0.821. The van der Waals surface area contributed by atoms with E-state index in [0.717, 1.165) is 12.4 Å². The Balaban J connectivity index is 1.79. The number of aromatic nitrogens is 2. The van der Waals surface area contributed by atoms with Crippen molar-refractivity contribution < 1.29 is 22.8 Å². The maximum Gasteiger partial charge on any atom is 0.451 e. The molecule has 1 amide bonds. The first-order chi connectivity index (χ1) is 11.9. The van der Waals surface area contributed by atoms with E-state index >= 15 is 0 Å².